The minimum Gasteiger partial charge on any atom is -0.468 e. The van der Waals surface area contributed by atoms with Crippen LogP contribution in [0.1, 0.15) is 44.3 Å². The fourth-order valence-corrected chi connectivity index (χ4v) is 2.68. The minimum absolute atomic E-state index is 0.149. The third-order valence-electron chi connectivity index (χ3n) is 4.25. The van der Waals surface area contributed by atoms with Gasteiger partial charge < -0.3 is 10.2 Å². The van der Waals surface area contributed by atoms with Crippen molar-refractivity contribution < 1.29 is 4.42 Å². The lowest BCUT2D eigenvalue weighted by Gasteiger charge is -2.39. The van der Waals surface area contributed by atoms with Gasteiger partial charge in [0.2, 0.25) is 0 Å². The fraction of sp³-hybridized carbons (Fsp3) is 0.714. The van der Waals surface area contributed by atoms with Crippen LogP contribution in [0.4, 0.5) is 0 Å². The van der Waals surface area contributed by atoms with Crippen LogP contribution in [0, 0.1) is 0 Å². The van der Waals surface area contributed by atoms with Gasteiger partial charge in [-0.2, -0.15) is 0 Å². The summed E-state index contributed by atoms with van der Waals surface area (Å²) < 4.78 is 5.44. The van der Waals surface area contributed by atoms with Crippen LogP contribution in [0.25, 0.3) is 0 Å². The Morgan fingerprint density at radius 1 is 1.41 bits per heavy atom. The molecule has 0 atom stereocenters. The topological polar surface area (TPSA) is 42.4 Å². The van der Waals surface area contributed by atoms with Crippen molar-refractivity contribution >= 4 is 0 Å². The predicted octanol–water partition coefficient (Wildman–Crippen LogP) is 2.52. The zero-order chi connectivity index (χ0) is 11.7. The SMILES string of the molecule is NC1(CCN(Cc2ccco2)C2CC2)CCC1. The molecule has 0 radical (unpaired) electrons. The van der Waals surface area contributed by atoms with Gasteiger partial charge in [0.05, 0.1) is 12.8 Å². The monoisotopic (exact) mass is 234 g/mol. The summed E-state index contributed by atoms with van der Waals surface area (Å²) in [6.07, 6.45) is 9.34. The van der Waals surface area contributed by atoms with Gasteiger partial charge in [0.15, 0.2) is 0 Å². The van der Waals surface area contributed by atoms with Crippen LogP contribution in [-0.2, 0) is 6.54 Å². The summed E-state index contributed by atoms with van der Waals surface area (Å²) in [5.74, 6) is 1.08. The van der Waals surface area contributed by atoms with Crippen LogP contribution < -0.4 is 5.73 Å². The lowest BCUT2D eigenvalue weighted by Crippen LogP contribution is -2.48. The molecule has 2 fully saturated rings. The van der Waals surface area contributed by atoms with E-state index >= 15 is 0 Å². The first-order valence-electron chi connectivity index (χ1n) is 6.81. The standard InChI is InChI=1S/C14H22N2O/c15-14(6-2-7-14)8-9-16(12-4-5-12)11-13-3-1-10-17-13/h1,3,10,12H,2,4-9,11,15H2. The molecule has 3 rings (SSSR count). The van der Waals surface area contributed by atoms with E-state index < -0.39 is 0 Å². The second-order valence-electron chi connectivity index (χ2n) is 5.75. The van der Waals surface area contributed by atoms with E-state index in [0.717, 1.165) is 31.3 Å². The smallest absolute Gasteiger partial charge is 0.117 e. The number of nitrogens with zero attached hydrogens (tertiary/aromatic N) is 1. The van der Waals surface area contributed by atoms with Crippen molar-refractivity contribution in [1.82, 2.24) is 4.90 Å². The van der Waals surface area contributed by atoms with Crippen molar-refractivity contribution in [3.05, 3.63) is 24.2 Å². The van der Waals surface area contributed by atoms with Gasteiger partial charge in [-0.3, -0.25) is 4.90 Å². The summed E-state index contributed by atoms with van der Waals surface area (Å²) in [7, 11) is 0. The van der Waals surface area contributed by atoms with Crippen molar-refractivity contribution in [3.8, 4) is 0 Å². The third kappa shape index (κ3) is 2.72. The highest BCUT2D eigenvalue weighted by Gasteiger charge is 2.35. The second-order valence-corrected chi connectivity index (χ2v) is 5.75. The molecular weight excluding hydrogens is 212 g/mol. The van der Waals surface area contributed by atoms with E-state index in [0.29, 0.717) is 0 Å². The number of hydrogen-bond acceptors (Lipinski definition) is 3. The maximum Gasteiger partial charge on any atom is 0.117 e. The number of hydrogen-bond donors (Lipinski definition) is 1. The van der Waals surface area contributed by atoms with Crippen LogP contribution in [-0.4, -0.2) is 23.0 Å². The normalized spacial score (nSPS) is 22.7. The molecule has 1 heterocycles. The molecule has 0 saturated heterocycles. The molecule has 2 saturated carbocycles. The Morgan fingerprint density at radius 2 is 2.24 bits per heavy atom. The molecule has 1 aromatic heterocycles. The number of rotatable bonds is 6. The number of nitrogens with two attached hydrogens (primary N) is 1. The molecule has 2 aliphatic rings. The van der Waals surface area contributed by atoms with Crippen LogP contribution >= 0.6 is 0 Å². The minimum atomic E-state index is 0.149. The summed E-state index contributed by atoms with van der Waals surface area (Å²) in [6, 6.07) is 4.82. The highest BCUT2D eigenvalue weighted by molar-refractivity contribution is 5.01. The van der Waals surface area contributed by atoms with Gasteiger partial charge in [-0.1, -0.05) is 0 Å². The van der Waals surface area contributed by atoms with Crippen LogP contribution in [0.5, 0.6) is 0 Å². The lowest BCUT2D eigenvalue weighted by atomic mass is 9.75. The summed E-state index contributed by atoms with van der Waals surface area (Å²) in [4.78, 5) is 2.55. The average molecular weight is 234 g/mol. The van der Waals surface area contributed by atoms with Gasteiger partial charge >= 0.3 is 0 Å². The molecule has 0 aromatic carbocycles. The first-order valence-corrected chi connectivity index (χ1v) is 6.81. The molecule has 0 amide bonds. The molecule has 3 heteroatoms. The Bertz CT molecular complexity index is 352. The molecule has 17 heavy (non-hydrogen) atoms. The maximum atomic E-state index is 6.29. The first kappa shape index (κ1) is 11.3. The first-order chi connectivity index (χ1) is 8.25. The molecule has 1 aromatic rings. The van der Waals surface area contributed by atoms with Crippen molar-refractivity contribution in [2.24, 2.45) is 5.73 Å². The Balaban J connectivity index is 1.53. The molecule has 2 N–H and O–H groups in total. The summed E-state index contributed by atoms with van der Waals surface area (Å²) in [5.41, 5.74) is 6.44. The summed E-state index contributed by atoms with van der Waals surface area (Å²) >= 11 is 0. The van der Waals surface area contributed by atoms with Gasteiger partial charge in [0.25, 0.3) is 0 Å². The van der Waals surface area contributed by atoms with Crippen molar-refractivity contribution in [2.45, 2.75) is 56.7 Å². The second kappa shape index (κ2) is 4.46. The van der Waals surface area contributed by atoms with Gasteiger partial charge in [0.1, 0.15) is 5.76 Å². The lowest BCUT2D eigenvalue weighted by molar-refractivity contribution is 0.165. The van der Waals surface area contributed by atoms with Gasteiger partial charge in [-0.15, -0.1) is 0 Å². The maximum absolute atomic E-state index is 6.29. The van der Waals surface area contributed by atoms with E-state index in [2.05, 4.69) is 11.0 Å². The van der Waals surface area contributed by atoms with Crippen LogP contribution in [0.15, 0.2) is 22.8 Å². The molecule has 0 unspecified atom stereocenters. The predicted molar refractivity (Wildman–Crippen MR) is 67.5 cm³/mol. The van der Waals surface area contributed by atoms with Gasteiger partial charge in [-0.05, 0) is 50.7 Å². The highest BCUT2D eigenvalue weighted by atomic mass is 16.3. The van der Waals surface area contributed by atoms with E-state index in [4.69, 9.17) is 10.2 Å². The van der Waals surface area contributed by atoms with Crippen molar-refractivity contribution in [3.63, 3.8) is 0 Å². The van der Waals surface area contributed by atoms with E-state index in [1.807, 2.05) is 6.07 Å². The van der Waals surface area contributed by atoms with Crippen LogP contribution in [0.2, 0.25) is 0 Å². The van der Waals surface area contributed by atoms with Crippen molar-refractivity contribution in [2.75, 3.05) is 6.54 Å². The third-order valence-corrected chi connectivity index (χ3v) is 4.25. The van der Waals surface area contributed by atoms with E-state index in [1.54, 1.807) is 6.26 Å². The number of furan rings is 1. The van der Waals surface area contributed by atoms with Gasteiger partial charge in [0, 0.05) is 18.1 Å². The molecule has 3 nitrogen and oxygen atoms in total. The Hall–Kier alpha value is -0.800. The Labute approximate surface area is 103 Å². The molecule has 2 aliphatic carbocycles. The molecule has 94 valence electrons. The highest BCUT2D eigenvalue weighted by Crippen LogP contribution is 2.34. The molecule has 0 spiro atoms. The molecule has 0 bridgehead atoms. The van der Waals surface area contributed by atoms with Crippen LogP contribution in [0.3, 0.4) is 0 Å². The largest absolute Gasteiger partial charge is 0.468 e. The van der Waals surface area contributed by atoms with Crippen molar-refractivity contribution in [1.29, 1.82) is 0 Å². The fourth-order valence-electron chi connectivity index (χ4n) is 2.68. The van der Waals surface area contributed by atoms with E-state index in [1.165, 1.54) is 32.1 Å². The average Bonchev–Trinajstić information content (AvgIpc) is 3.00. The van der Waals surface area contributed by atoms with E-state index in [-0.39, 0.29) is 5.54 Å². The quantitative estimate of drug-likeness (QED) is 0.822. The molecular formula is C14H22N2O. The Morgan fingerprint density at radius 3 is 2.76 bits per heavy atom. The zero-order valence-electron chi connectivity index (χ0n) is 10.4. The summed E-state index contributed by atoms with van der Waals surface area (Å²) in [5, 5.41) is 0. The summed E-state index contributed by atoms with van der Waals surface area (Å²) in [6.45, 7) is 2.08. The molecule has 0 aliphatic heterocycles. The van der Waals surface area contributed by atoms with Gasteiger partial charge in [-0.25, -0.2) is 0 Å². The van der Waals surface area contributed by atoms with E-state index in [9.17, 15) is 0 Å². The Kier molecular flexibility index (Phi) is 2.97. The zero-order valence-corrected chi connectivity index (χ0v) is 10.4.